The average Bonchev–Trinajstić information content (AvgIpc) is 2.53. The lowest BCUT2D eigenvalue weighted by atomic mass is 9.88. The summed E-state index contributed by atoms with van der Waals surface area (Å²) in [6.07, 6.45) is 6.91. The number of fused-ring (bicyclic) bond motifs is 3. The van der Waals surface area contributed by atoms with E-state index in [4.69, 9.17) is 0 Å². The molecule has 2 bridgehead atoms. The van der Waals surface area contributed by atoms with Crippen LogP contribution >= 0.6 is 0 Å². The van der Waals surface area contributed by atoms with Crippen LogP contribution in [0.15, 0.2) is 23.5 Å². The molecule has 1 saturated heterocycles. The zero-order valence-electron chi connectivity index (χ0n) is 6.93. The highest BCUT2D eigenvalue weighted by Gasteiger charge is 2.32. The number of nitrogens with one attached hydrogen (secondary N) is 3. The van der Waals surface area contributed by atoms with Gasteiger partial charge < -0.3 is 10.7 Å². The van der Waals surface area contributed by atoms with Crippen molar-refractivity contribution in [3.8, 4) is 0 Å². The Kier molecular flexibility index (Phi) is 1.23. The number of hydrogen-bond acceptors (Lipinski definition) is 3. The molecule has 12 heavy (non-hydrogen) atoms. The third-order valence-electron chi connectivity index (χ3n) is 2.90. The largest absolute Gasteiger partial charge is 0.381 e. The van der Waals surface area contributed by atoms with Crippen LogP contribution in [0.1, 0.15) is 12.8 Å². The molecule has 64 valence electrons. The SMILES string of the molecule is C1=CC2=C3NNCC3CC(C1)N2. The molecule has 3 heteroatoms. The summed E-state index contributed by atoms with van der Waals surface area (Å²) >= 11 is 0. The molecule has 0 aromatic carbocycles. The monoisotopic (exact) mass is 163 g/mol. The summed E-state index contributed by atoms with van der Waals surface area (Å²) < 4.78 is 0. The molecule has 2 unspecified atom stereocenters. The molecule has 3 nitrogen and oxygen atoms in total. The second-order valence-electron chi connectivity index (χ2n) is 3.75. The fourth-order valence-corrected chi connectivity index (χ4v) is 2.31. The van der Waals surface area contributed by atoms with E-state index in [1.165, 1.54) is 24.2 Å². The van der Waals surface area contributed by atoms with Gasteiger partial charge in [-0.1, -0.05) is 6.08 Å². The van der Waals surface area contributed by atoms with Crippen LogP contribution in [0, 0.1) is 5.92 Å². The molecule has 3 aliphatic heterocycles. The average molecular weight is 163 g/mol. The Hall–Kier alpha value is -0.960. The van der Waals surface area contributed by atoms with E-state index in [1.54, 1.807) is 0 Å². The third-order valence-corrected chi connectivity index (χ3v) is 2.90. The minimum Gasteiger partial charge on any atom is -0.381 e. The summed E-state index contributed by atoms with van der Waals surface area (Å²) in [6, 6.07) is 0.681. The van der Waals surface area contributed by atoms with Gasteiger partial charge in [-0.15, -0.1) is 0 Å². The maximum atomic E-state index is 3.51. The zero-order chi connectivity index (χ0) is 7.97. The van der Waals surface area contributed by atoms with E-state index in [2.05, 4.69) is 28.3 Å². The Labute approximate surface area is 71.9 Å². The Morgan fingerprint density at radius 2 is 2.42 bits per heavy atom. The van der Waals surface area contributed by atoms with Crippen LogP contribution in [0.5, 0.6) is 0 Å². The highest BCUT2D eigenvalue weighted by Crippen LogP contribution is 2.29. The molecule has 0 aromatic rings. The van der Waals surface area contributed by atoms with E-state index in [1.807, 2.05) is 0 Å². The molecule has 1 fully saturated rings. The molecule has 3 rings (SSSR count). The summed E-state index contributed by atoms with van der Waals surface area (Å²) in [5, 5.41) is 3.51. The molecule has 3 aliphatic rings. The van der Waals surface area contributed by atoms with Gasteiger partial charge in [-0.2, -0.15) is 0 Å². The Bertz CT molecular complexity index is 267. The molecule has 3 N–H and O–H groups in total. The standard InChI is InChI=1S/C9H13N3/c1-2-7-4-6-5-10-12-9(6)8(3-1)11-7/h1,3,6-7,10-12H,2,4-5H2. The van der Waals surface area contributed by atoms with Gasteiger partial charge in [0.05, 0.1) is 11.4 Å². The van der Waals surface area contributed by atoms with E-state index in [-0.39, 0.29) is 0 Å². The number of hydrazine groups is 1. The highest BCUT2D eigenvalue weighted by molar-refractivity contribution is 5.32. The molecule has 0 aliphatic carbocycles. The number of hydrogen-bond donors (Lipinski definition) is 3. The lowest BCUT2D eigenvalue weighted by Crippen LogP contribution is -2.39. The predicted molar refractivity (Wildman–Crippen MR) is 47.0 cm³/mol. The predicted octanol–water partition coefficient (Wildman–Crippen LogP) is 0.244. The van der Waals surface area contributed by atoms with Gasteiger partial charge in [0.15, 0.2) is 0 Å². The first-order valence-electron chi connectivity index (χ1n) is 4.59. The molecule has 0 radical (unpaired) electrons. The van der Waals surface area contributed by atoms with Crippen LogP contribution in [-0.4, -0.2) is 12.6 Å². The first-order valence-corrected chi connectivity index (χ1v) is 4.59. The fourth-order valence-electron chi connectivity index (χ4n) is 2.31. The van der Waals surface area contributed by atoms with E-state index in [0.717, 1.165) is 12.5 Å². The molecule has 0 aromatic heterocycles. The topological polar surface area (TPSA) is 36.1 Å². The summed E-state index contributed by atoms with van der Waals surface area (Å²) in [7, 11) is 0. The van der Waals surface area contributed by atoms with Crippen LogP contribution in [0.3, 0.4) is 0 Å². The van der Waals surface area contributed by atoms with Crippen molar-refractivity contribution in [1.29, 1.82) is 0 Å². The summed E-state index contributed by atoms with van der Waals surface area (Å²) in [4.78, 5) is 0. The van der Waals surface area contributed by atoms with Crippen molar-refractivity contribution in [3.05, 3.63) is 23.5 Å². The number of rotatable bonds is 0. The van der Waals surface area contributed by atoms with Gasteiger partial charge in [0.25, 0.3) is 0 Å². The van der Waals surface area contributed by atoms with E-state index < -0.39 is 0 Å². The molecule has 2 atom stereocenters. The lowest BCUT2D eigenvalue weighted by Gasteiger charge is -2.32. The molecule has 3 heterocycles. The zero-order valence-corrected chi connectivity index (χ0v) is 6.93. The smallest absolute Gasteiger partial charge is 0.0549 e. The molecule has 0 spiro atoms. The van der Waals surface area contributed by atoms with Crippen molar-refractivity contribution in [2.75, 3.05) is 6.54 Å². The van der Waals surface area contributed by atoms with E-state index in [0.29, 0.717) is 6.04 Å². The fraction of sp³-hybridized carbons (Fsp3) is 0.556. The van der Waals surface area contributed by atoms with Crippen LogP contribution in [-0.2, 0) is 0 Å². The van der Waals surface area contributed by atoms with Gasteiger partial charge in [0.2, 0.25) is 0 Å². The maximum absolute atomic E-state index is 3.51. The number of allylic oxidation sites excluding steroid dienone is 1. The minimum atomic E-state index is 0.681. The summed E-state index contributed by atoms with van der Waals surface area (Å²) in [5.74, 6) is 0.719. The van der Waals surface area contributed by atoms with Gasteiger partial charge in [-0.3, -0.25) is 0 Å². The van der Waals surface area contributed by atoms with E-state index >= 15 is 0 Å². The molecular weight excluding hydrogens is 150 g/mol. The third kappa shape index (κ3) is 0.799. The normalized spacial score (nSPS) is 37.3. The highest BCUT2D eigenvalue weighted by atomic mass is 15.4. The quantitative estimate of drug-likeness (QED) is 0.479. The second kappa shape index (κ2) is 2.26. The second-order valence-corrected chi connectivity index (χ2v) is 3.75. The van der Waals surface area contributed by atoms with Crippen LogP contribution in [0.4, 0.5) is 0 Å². The maximum Gasteiger partial charge on any atom is 0.0549 e. The molecular formula is C9H13N3. The molecule has 0 amide bonds. The van der Waals surface area contributed by atoms with Gasteiger partial charge in [0, 0.05) is 18.5 Å². The van der Waals surface area contributed by atoms with Crippen LogP contribution in [0.25, 0.3) is 0 Å². The van der Waals surface area contributed by atoms with Crippen molar-refractivity contribution in [1.82, 2.24) is 16.2 Å². The Morgan fingerprint density at radius 3 is 3.42 bits per heavy atom. The molecule has 0 saturated carbocycles. The summed E-state index contributed by atoms with van der Waals surface area (Å²) in [5.41, 5.74) is 9.09. The van der Waals surface area contributed by atoms with Crippen molar-refractivity contribution in [2.24, 2.45) is 5.92 Å². The lowest BCUT2D eigenvalue weighted by molar-refractivity contribution is 0.420. The van der Waals surface area contributed by atoms with Crippen molar-refractivity contribution < 1.29 is 0 Å². The first kappa shape index (κ1) is 6.54. The van der Waals surface area contributed by atoms with Crippen molar-refractivity contribution in [2.45, 2.75) is 18.9 Å². The van der Waals surface area contributed by atoms with Gasteiger partial charge >= 0.3 is 0 Å². The Morgan fingerprint density at radius 1 is 1.42 bits per heavy atom. The Balaban J connectivity index is 2.05. The van der Waals surface area contributed by atoms with Crippen LogP contribution < -0.4 is 16.2 Å². The van der Waals surface area contributed by atoms with Gasteiger partial charge in [-0.05, 0) is 18.9 Å². The van der Waals surface area contributed by atoms with Gasteiger partial charge in [-0.25, -0.2) is 5.43 Å². The van der Waals surface area contributed by atoms with Gasteiger partial charge in [0.1, 0.15) is 0 Å². The minimum absolute atomic E-state index is 0.681. The van der Waals surface area contributed by atoms with E-state index in [9.17, 15) is 0 Å². The van der Waals surface area contributed by atoms with Crippen LogP contribution in [0.2, 0.25) is 0 Å². The first-order chi connectivity index (χ1) is 5.93. The van der Waals surface area contributed by atoms with Crippen molar-refractivity contribution in [3.63, 3.8) is 0 Å². The van der Waals surface area contributed by atoms with Crippen molar-refractivity contribution >= 4 is 0 Å². The summed E-state index contributed by atoms with van der Waals surface area (Å²) in [6.45, 7) is 1.09.